The average molecular weight is 281 g/mol. The van der Waals surface area contributed by atoms with Crippen LogP contribution < -0.4 is 10.1 Å². The molecule has 21 heavy (non-hydrogen) atoms. The minimum absolute atomic E-state index is 0.625. The van der Waals surface area contributed by atoms with Gasteiger partial charge in [0.15, 0.2) is 0 Å². The summed E-state index contributed by atoms with van der Waals surface area (Å²) in [7, 11) is 1.73. The van der Waals surface area contributed by atoms with Gasteiger partial charge in [-0.15, -0.1) is 0 Å². The van der Waals surface area contributed by atoms with E-state index < -0.39 is 0 Å². The van der Waals surface area contributed by atoms with Gasteiger partial charge in [-0.05, 0) is 42.9 Å². The molecule has 110 valence electrons. The van der Waals surface area contributed by atoms with Crippen molar-refractivity contribution in [3.8, 4) is 5.75 Å². The molecule has 2 nitrogen and oxygen atoms in total. The van der Waals surface area contributed by atoms with Crippen LogP contribution in [0.4, 0.5) is 0 Å². The number of hydrogen-bond donors (Lipinski definition) is 1. The summed E-state index contributed by atoms with van der Waals surface area (Å²) in [6, 6.07) is 17.6. The maximum atomic E-state index is 5.40. The molecule has 0 bridgehead atoms. The van der Waals surface area contributed by atoms with Gasteiger partial charge in [-0.2, -0.15) is 0 Å². The average Bonchev–Trinajstić information content (AvgIpc) is 2.47. The summed E-state index contributed by atoms with van der Waals surface area (Å²) in [5.74, 6) is 1.70. The molecule has 2 heteroatoms. The second kappa shape index (κ2) is 6.31. The van der Waals surface area contributed by atoms with Crippen molar-refractivity contribution >= 4 is 0 Å². The standard InChI is InChI=1S/C19H23NO/c1-14-7-3-5-9-18(14)16-11-17(12-16)20-13-15-8-4-6-10-19(15)21-2/h3-10,16-17,20H,11-13H2,1-2H3. The number of ether oxygens (including phenoxy) is 1. The predicted molar refractivity (Wildman–Crippen MR) is 86.8 cm³/mol. The zero-order chi connectivity index (χ0) is 14.7. The van der Waals surface area contributed by atoms with Crippen LogP contribution in [0.1, 0.15) is 35.4 Å². The SMILES string of the molecule is COc1ccccc1CNC1CC(c2ccccc2C)C1. The van der Waals surface area contributed by atoms with E-state index in [0.29, 0.717) is 6.04 Å². The molecule has 0 aliphatic heterocycles. The molecule has 0 atom stereocenters. The lowest BCUT2D eigenvalue weighted by atomic mass is 9.74. The Morgan fingerprint density at radius 2 is 1.76 bits per heavy atom. The maximum Gasteiger partial charge on any atom is 0.123 e. The first-order valence-electron chi connectivity index (χ1n) is 7.68. The molecular weight excluding hydrogens is 258 g/mol. The Bertz CT molecular complexity index is 602. The maximum absolute atomic E-state index is 5.40. The topological polar surface area (TPSA) is 21.3 Å². The van der Waals surface area contributed by atoms with Crippen LogP contribution in [0.25, 0.3) is 0 Å². The third-order valence-electron chi connectivity index (χ3n) is 4.54. The Labute approximate surface area is 127 Å². The van der Waals surface area contributed by atoms with Crippen LogP contribution in [-0.4, -0.2) is 13.2 Å². The Hall–Kier alpha value is -1.80. The van der Waals surface area contributed by atoms with Crippen LogP contribution in [0.15, 0.2) is 48.5 Å². The highest BCUT2D eigenvalue weighted by Crippen LogP contribution is 2.38. The normalized spacial score (nSPS) is 20.9. The molecule has 2 aromatic rings. The van der Waals surface area contributed by atoms with E-state index in [1.807, 2.05) is 12.1 Å². The van der Waals surface area contributed by atoms with E-state index in [2.05, 4.69) is 48.6 Å². The molecule has 1 aliphatic carbocycles. The van der Waals surface area contributed by atoms with Crippen molar-refractivity contribution in [2.45, 2.75) is 38.3 Å². The van der Waals surface area contributed by atoms with Crippen LogP contribution >= 0.6 is 0 Å². The van der Waals surface area contributed by atoms with Gasteiger partial charge in [0, 0.05) is 18.2 Å². The van der Waals surface area contributed by atoms with Crippen LogP contribution in [0, 0.1) is 6.92 Å². The highest BCUT2D eigenvalue weighted by molar-refractivity contribution is 5.34. The highest BCUT2D eigenvalue weighted by atomic mass is 16.5. The largest absolute Gasteiger partial charge is 0.496 e. The first kappa shape index (κ1) is 14.2. The fourth-order valence-electron chi connectivity index (χ4n) is 3.19. The van der Waals surface area contributed by atoms with Crippen molar-refractivity contribution in [3.63, 3.8) is 0 Å². The minimum atomic E-state index is 0.625. The van der Waals surface area contributed by atoms with Crippen LogP contribution in [0.2, 0.25) is 0 Å². The van der Waals surface area contributed by atoms with E-state index in [0.717, 1.165) is 18.2 Å². The van der Waals surface area contributed by atoms with Gasteiger partial charge in [0.1, 0.15) is 5.75 Å². The van der Waals surface area contributed by atoms with E-state index in [-0.39, 0.29) is 0 Å². The minimum Gasteiger partial charge on any atom is -0.496 e. The molecule has 3 rings (SSSR count). The molecule has 0 heterocycles. The van der Waals surface area contributed by atoms with E-state index in [4.69, 9.17) is 4.74 Å². The van der Waals surface area contributed by atoms with Crippen molar-refractivity contribution in [3.05, 3.63) is 65.2 Å². The zero-order valence-corrected chi connectivity index (χ0v) is 12.8. The molecule has 0 radical (unpaired) electrons. The molecule has 1 saturated carbocycles. The third-order valence-corrected chi connectivity index (χ3v) is 4.54. The number of aryl methyl sites for hydroxylation is 1. The number of nitrogens with one attached hydrogen (secondary N) is 1. The molecule has 1 N–H and O–H groups in total. The summed E-state index contributed by atoms with van der Waals surface area (Å²) in [4.78, 5) is 0. The molecule has 0 amide bonds. The van der Waals surface area contributed by atoms with Crippen molar-refractivity contribution in [1.82, 2.24) is 5.32 Å². The fraction of sp³-hybridized carbons (Fsp3) is 0.368. The second-order valence-electron chi connectivity index (χ2n) is 5.91. The lowest BCUT2D eigenvalue weighted by molar-refractivity contribution is 0.287. The second-order valence-corrected chi connectivity index (χ2v) is 5.91. The molecule has 0 saturated heterocycles. The summed E-state index contributed by atoms with van der Waals surface area (Å²) >= 11 is 0. The van der Waals surface area contributed by atoms with E-state index in [1.54, 1.807) is 7.11 Å². The van der Waals surface area contributed by atoms with Gasteiger partial charge in [-0.1, -0.05) is 42.5 Å². The number of benzene rings is 2. The summed E-state index contributed by atoms with van der Waals surface area (Å²) in [6.07, 6.45) is 2.47. The lowest BCUT2D eigenvalue weighted by Gasteiger charge is -2.37. The van der Waals surface area contributed by atoms with Crippen LogP contribution in [-0.2, 0) is 6.54 Å². The van der Waals surface area contributed by atoms with Crippen LogP contribution in [0.5, 0.6) is 5.75 Å². The van der Waals surface area contributed by atoms with Crippen LogP contribution in [0.3, 0.4) is 0 Å². The molecule has 2 aromatic carbocycles. The Balaban J connectivity index is 1.53. The predicted octanol–water partition coefficient (Wildman–Crippen LogP) is 4.04. The number of rotatable bonds is 5. The molecule has 0 unspecified atom stereocenters. The van der Waals surface area contributed by atoms with Gasteiger partial charge in [0.05, 0.1) is 7.11 Å². The molecule has 1 fully saturated rings. The molecular formula is C19H23NO. The Morgan fingerprint density at radius 3 is 2.52 bits per heavy atom. The number of methoxy groups -OCH3 is 1. The van der Waals surface area contributed by atoms with Gasteiger partial charge < -0.3 is 10.1 Å². The summed E-state index contributed by atoms with van der Waals surface area (Å²) < 4.78 is 5.40. The van der Waals surface area contributed by atoms with Gasteiger partial charge in [-0.25, -0.2) is 0 Å². The molecule has 0 spiro atoms. The fourth-order valence-corrected chi connectivity index (χ4v) is 3.19. The van der Waals surface area contributed by atoms with Gasteiger partial charge in [0.25, 0.3) is 0 Å². The Kier molecular flexibility index (Phi) is 4.26. The van der Waals surface area contributed by atoms with Gasteiger partial charge in [-0.3, -0.25) is 0 Å². The monoisotopic (exact) mass is 281 g/mol. The van der Waals surface area contributed by atoms with Crippen molar-refractivity contribution in [2.24, 2.45) is 0 Å². The highest BCUT2D eigenvalue weighted by Gasteiger charge is 2.30. The van der Waals surface area contributed by atoms with E-state index in [1.165, 1.54) is 29.5 Å². The van der Waals surface area contributed by atoms with Gasteiger partial charge >= 0.3 is 0 Å². The lowest BCUT2D eigenvalue weighted by Crippen LogP contribution is -2.39. The smallest absolute Gasteiger partial charge is 0.123 e. The zero-order valence-electron chi connectivity index (χ0n) is 12.8. The molecule has 0 aromatic heterocycles. The van der Waals surface area contributed by atoms with Gasteiger partial charge in [0.2, 0.25) is 0 Å². The summed E-state index contributed by atoms with van der Waals surface area (Å²) in [5, 5.41) is 3.65. The summed E-state index contributed by atoms with van der Waals surface area (Å²) in [6.45, 7) is 3.10. The number of para-hydroxylation sites is 1. The van der Waals surface area contributed by atoms with Crippen molar-refractivity contribution < 1.29 is 4.74 Å². The quantitative estimate of drug-likeness (QED) is 0.893. The molecule has 1 aliphatic rings. The third kappa shape index (κ3) is 3.11. The van der Waals surface area contributed by atoms with Crippen molar-refractivity contribution in [1.29, 1.82) is 0 Å². The Morgan fingerprint density at radius 1 is 1.05 bits per heavy atom. The van der Waals surface area contributed by atoms with Crippen molar-refractivity contribution in [2.75, 3.05) is 7.11 Å². The first-order valence-corrected chi connectivity index (χ1v) is 7.68. The number of hydrogen-bond acceptors (Lipinski definition) is 2. The summed E-state index contributed by atoms with van der Waals surface area (Å²) in [5.41, 5.74) is 4.18. The van der Waals surface area contributed by atoms with E-state index >= 15 is 0 Å². The van der Waals surface area contributed by atoms with E-state index in [9.17, 15) is 0 Å². The first-order chi connectivity index (χ1) is 10.3.